The standard InChI is InChI=1S/C14H19ClN2O2/c1-10-8-13(15)16-9-12(10)17-4-2-11(3-5-17)14-18-6-7-19-14/h8-9,11,14H,2-7H2,1H3. The van der Waals surface area contributed by atoms with Gasteiger partial charge in [0.05, 0.1) is 25.1 Å². The lowest BCUT2D eigenvalue weighted by atomic mass is 9.95. The number of nitrogens with zero attached hydrogens (tertiary/aromatic N) is 2. The van der Waals surface area contributed by atoms with Gasteiger partial charge in [-0.2, -0.15) is 0 Å². The average Bonchev–Trinajstić information content (AvgIpc) is 2.93. The monoisotopic (exact) mass is 282 g/mol. The Hall–Kier alpha value is -0.840. The number of aromatic nitrogens is 1. The highest BCUT2D eigenvalue weighted by atomic mass is 35.5. The van der Waals surface area contributed by atoms with Crippen LogP contribution in [0.1, 0.15) is 18.4 Å². The first-order chi connectivity index (χ1) is 9.24. The molecule has 0 radical (unpaired) electrons. The molecule has 0 atom stereocenters. The van der Waals surface area contributed by atoms with Crippen LogP contribution in [-0.4, -0.2) is 37.6 Å². The minimum Gasteiger partial charge on any atom is -0.370 e. The van der Waals surface area contributed by atoms with Crippen LogP contribution >= 0.6 is 11.6 Å². The van der Waals surface area contributed by atoms with Gasteiger partial charge < -0.3 is 14.4 Å². The van der Waals surface area contributed by atoms with Crippen molar-refractivity contribution >= 4 is 17.3 Å². The maximum atomic E-state index is 5.90. The molecule has 1 aromatic rings. The van der Waals surface area contributed by atoms with E-state index >= 15 is 0 Å². The van der Waals surface area contributed by atoms with Crippen molar-refractivity contribution in [1.82, 2.24) is 4.98 Å². The van der Waals surface area contributed by atoms with Gasteiger partial charge in [-0.25, -0.2) is 4.98 Å². The molecular weight excluding hydrogens is 264 g/mol. The van der Waals surface area contributed by atoms with Crippen molar-refractivity contribution < 1.29 is 9.47 Å². The summed E-state index contributed by atoms with van der Waals surface area (Å²) in [6.07, 6.45) is 4.10. The Balaban J connectivity index is 1.63. The molecule has 19 heavy (non-hydrogen) atoms. The highest BCUT2D eigenvalue weighted by Crippen LogP contribution is 2.30. The lowest BCUT2D eigenvalue weighted by Crippen LogP contribution is -2.38. The number of halogens is 1. The summed E-state index contributed by atoms with van der Waals surface area (Å²) in [6, 6.07) is 1.92. The van der Waals surface area contributed by atoms with Crippen LogP contribution < -0.4 is 4.90 Å². The molecule has 0 N–H and O–H groups in total. The Morgan fingerprint density at radius 3 is 2.58 bits per heavy atom. The minimum absolute atomic E-state index is 0.0200. The van der Waals surface area contributed by atoms with Gasteiger partial charge >= 0.3 is 0 Å². The smallest absolute Gasteiger partial charge is 0.160 e. The minimum atomic E-state index is 0.0200. The first-order valence-corrected chi connectivity index (χ1v) is 7.22. The molecule has 0 unspecified atom stereocenters. The summed E-state index contributed by atoms with van der Waals surface area (Å²) in [6.45, 7) is 5.62. The van der Waals surface area contributed by atoms with Crippen molar-refractivity contribution in [2.75, 3.05) is 31.2 Å². The van der Waals surface area contributed by atoms with Crippen LogP contribution in [0.4, 0.5) is 5.69 Å². The van der Waals surface area contributed by atoms with Crippen LogP contribution in [0, 0.1) is 12.8 Å². The maximum absolute atomic E-state index is 5.90. The highest BCUT2D eigenvalue weighted by Gasteiger charge is 2.30. The number of piperidine rings is 1. The Morgan fingerprint density at radius 1 is 1.26 bits per heavy atom. The van der Waals surface area contributed by atoms with Gasteiger partial charge in [0.2, 0.25) is 0 Å². The van der Waals surface area contributed by atoms with Gasteiger partial charge in [-0.15, -0.1) is 0 Å². The summed E-state index contributed by atoms with van der Waals surface area (Å²) in [7, 11) is 0. The van der Waals surface area contributed by atoms with E-state index in [4.69, 9.17) is 21.1 Å². The maximum Gasteiger partial charge on any atom is 0.160 e. The van der Waals surface area contributed by atoms with E-state index in [1.165, 1.54) is 11.3 Å². The molecule has 4 nitrogen and oxygen atoms in total. The van der Waals surface area contributed by atoms with Crippen molar-refractivity contribution in [1.29, 1.82) is 0 Å². The third-order valence-corrected chi connectivity index (χ3v) is 4.17. The van der Waals surface area contributed by atoms with Crippen molar-refractivity contribution in [3.05, 3.63) is 23.0 Å². The Bertz CT molecular complexity index is 441. The van der Waals surface area contributed by atoms with Gasteiger partial charge in [-0.3, -0.25) is 0 Å². The van der Waals surface area contributed by atoms with Crippen molar-refractivity contribution in [3.63, 3.8) is 0 Å². The summed E-state index contributed by atoms with van der Waals surface area (Å²) >= 11 is 5.90. The van der Waals surface area contributed by atoms with Crippen LogP contribution in [0.3, 0.4) is 0 Å². The van der Waals surface area contributed by atoms with E-state index < -0.39 is 0 Å². The van der Waals surface area contributed by atoms with E-state index in [-0.39, 0.29) is 6.29 Å². The highest BCUT2D eigenvalue weighted by molar-refractivity contribution is 6.29. The molecule has 3 rings (SSSR count). The van der Waals surface area contributed by atoms with E-state index in [0.29, 0.717) is 11.1 Å². The number of anilines is 1. The van der Waals surface area contributed by atoms with Crippen molar-refractivity contribution in [3.8, 4) is 0 Å². The second-order valence-corrected chi connectivity index (χ2v) is 5.62. The molecule has 104 valence electrons. The van der Waals surface area contributed by atoms with Gasteiger partial charge in [0, 0.05) is 19.0 Å². The molecule has 0 saturated carbocycles. The van der Waals surface area contributed by atoms with Crippen LogP contribution in [0.25, 0.3) is 0 Å². The number of ether oxygens (including phenoxy) is 2. The fourth-order valence-corrected chi connectivity index (χ4v) is 3.12. The molecule has 3 heterocycles. The lowest BCUT2D eigenvalue weighted by Gasteiger charge is -2.35. The van der Waals surface area contributed by atoms with Gasteiger partial charge in [0.15, 0.2) is 6.29 Å². The Kier molecular flexibility index (Phi) is 3.91. The molecule has 0 amide bonds. The second kappa shape index (κ2) is 5.65. The van der Waals surface area contributed by atoms with Gasteiger partial charge in [-0.05, 0) is 31.4 Å². The predicted molar refractivity (Wildman–Crippen MR) is 74.6 cm³/mol. The molecule has 0 aromatic carbocycles. The van der Waals surface area contributed by atoms with E-state index in [1.807, 2.05) is 12.3 Å². The number of aryl methyl sites for hydroxylation is 1. The van der Waals surface area contributed by atoms with E-state index in [2.05, 4.69) is 16.8 Å². The quantitative estimate of drug-likeness (QED) is 0.781. The molecular formula is C14H19ClN2O2. The first kappa shape index (κ1) is 13.2. The average molecular weight is 283 g/mol. The SMILES string of the molecule is Cc1cc(Cl)ncc1N1CCC(C2OCCO2)CC1. The summed E-state index contributed by atoms with van der Waals surface area (Å²) in [5, 5.41) is 0.559. The van der Waals surface area contributed by atoms with E-state index in [0.717, 1.165) is 39.1 Å². The molecule has 2 saturated heterocycles. The largest absolute Gasteiger partial charge is 0.370 e. The molecule has 2 fully saturated rings. The first-order valence-electron chi connectivity index (χ1n) is 6.84. The zero-order valence-electron chi connectivity index (χ0n) is 11.1. The third kappa shape index (κ3) is 2.86. The molecule has 0 spiro atoms. The number of hydrogen-bond acceptors (Lipinski definition) is 4. The van der Waals surface area contributed by atoms with Crippen LogP contribution in [-0.2, 0) is 9.47 Å². The van der Waals surface area contributed by atoms with Gasteiger partial charge in [0.25, 0.3) is 0 Å². The molecule has 0 aliphatic carbocycles. The molecule has 1 aromatic heterocycles. The number of pyridine rings is 1. The number of rotatable bonds is 2. The Morgan fingerprint density at radius 2 is 1.95 bits per heavy atom. The Labute approximate surface area is 118 Å². The van der Waals surface area contributed by atoms with E-state index in [1.54, 1.807) is 0 Å². The van der Waals surface area contributed by atoms with Gasteiger partial charge in [-0.1, -0.05) is 11.6 Å². The zero-order chi connectivity index (χ0) is 13.2. The summed E-state index contributed by atoms with van der Waals surface area (Å²) in [5.74, 6) is 0.527. The predicted octanol–water partition coefficient (Wildman–Crippen LogP) is 2.63. The van der Waals surface area contributed by atoms with Crippen molar-refractivity contribution in [2.24, 2.45) is 5.92 Å². The fraction of sp³-hybridized carbons (Fsp3) is 0.643. The summed E-state index contributed by atoms with van der Waals surface area (Å²) in [5.41, 5.74) is 2.38. The molecule has 0 bridgehead atoms. The second-order valence-electron chi connectivity index (χ2n) is 5.23. The number of hydrogen-bond donors (Lipinski definition) is 0. The van der Waals surface area contributed by atoms with Crippen LogP contribution in [0.5, 0.6) is 0 Å². The lowest BCUT2D eigenvalue weighted by molar-refractivity contribution is -0.0889. The van der Waals surface area contributed by atoms with Gasteiger partial charge in [0.1, 0.15) is 5.15 Å². The van der Waals surface area contributed by atoms with E-state index in [9.17, 15) is 0 Å². The van der Waals surface area contributed by atoms with Crippen molar-refractivity contribution in [2.45, 2.75) is 26.1 Å². The fourth-order valence-electron chi connectivity index (χ4n) is 2.91. The molecule has 2 aliphatic rings. The van der Waals surface area contributed by atoms with Crippen LogP contribution in [0.2, 0.25) is 5.15 Å². The zero-order valence-corrected chi connectivity index (χ0v) is 11.9. The molecule has 2 aliphatic heterocycles. The third-order valence-electron chi connectivity index (χ3n) is 3.96. The summed E-state index contributed by atoms with van der Waals surface area (Å²) < 4.78 is 11.2. The summed E-state index contributed by atoms with van der Waals surface area (Å²) in [4.78, 5) is 6.57. The topological polar surface area (TPSA) is 34.6 Å². The molecule has 5 heteroatoms. The normalized spacial score (nSPS) is 22.1. The van der Waals surface area contributed by atoms with Crippen LogP contribution in [0.15, 0.2) is 12.3 Å².